The second-order valence-electron chi connectivity index (χ2n) is 3.95. The zero-order chi connectivity index (χ0) is 10.6. The van der Waals surface area contributed by atoms with Crippen molar-refractivity contribution in [3.8, 4) is 0 Å². The van der Waals surface area contributed by atoms with Crippen LogP contribution in [0.1, 0.15) is 26.2 Å². The Morgan fingerprint density at radius 3 is 2.57 bits per heavy atom. The highest BCUT2D eigenvalue weighted by atomic mass is 16.4. The topological polar surface area (TPSA) is 70.0 Å². The number of rotatable bonds is 4. The van der Waals surface area contributed by atoms with Crippen molar-refractivity contribution in [1.29, 1.82) is 0 Å². The molecule has 1 fully saturated rings. The SMILES string of the molecule is CC(CC(=O)O)C1CCN(N=O)CC1. The summed E-state index contributed by atoms with van der Waals surface area (Å²) in [6.07, 6.45) is 1.97. The second-order valence-corrected chi connectivity index (χ2v) is 3.95. The fourth-order valence-corrected chi connectivity index (χ4v) is 1.98. The molecule has 80 valence electrons. The summed E-state index contributed by atoms with van der Waals surface area (Å²) in [7, 11) is 0. The minimum absolute atomic E-state index is 0.196. The molecule has 1 aliphatic rings. The first kappa shape index (κ1) is 10.9. The van der Waals surface area contributed by atoms with Crippen LogP contribution in [0.5, 0.6) is 0 Å². The van der Waals surface area contributed by atoms with Gasteiger partial charge in [0.2, 0.25) is 0 Å². The van der Waals surface area contributed by atoms with E-state index in [4.69, 9.17) is 5.11 Å². The number of carboxylic acid groups (broad SMARTS) is 1. The van der Waals surface area contributed by atoms with Crippen molar-refractivity contribution >= 4 is 5.97 Å². The van der Waals surface area contributed by atoms with Crippen molar-refractivity contribution < 1.29 is 9.90 Å². The van der Waals surface area contributed by atoms with Gasteiger partial charge in [0, 0.05) is 19.5 Å². The second kappa shape index (κ2) is 4.93. The first-order chi connectivity index (χ1) is 6.63. The van der Waals surface area contributed by atoms with Crippen LogP contribution in [0.4, 0.5) is 0 Å². The lowest BCUT2D eigenvalue weighted by Gasteiger charge is -2.30. The molecule has 0 aliphatic carbocycles. The normalized spacial score (nSPS) is 20.5. The van der Waals surface area contributed by atoms with E-state index in [9.17, 15) is 9.70 Å². The summed E-state index contributed by atoms with van der Waals surface area (Å²) < 4.78 is 0. The van der Waals surface area contributed by atoms with Crippen molar-refractivity contribution in [1.82, 2.24) is 5.01 Å². The maximum Gasteiger partial charge on any atom is 0.303 e. The van der Waals surface area contributed by atoms with Gasteiger partial charge >= 0.3 is 5.97 Å². The third-order valence-electron chi connectivity index (χ3n) is 2.93. The molecule has 0 aromatic heterocycles. The Hall–Kier alpha value is -1.13. The van der Waals surface area contributed by atoms with Crippen LogP contribution in [-0.4, -0.2) is 29.2 Å². The van der Waals surface area contributed by atoms with Gasteiger partial charge in [-0.3, -0.25) is 9.80 Å². The maximum absolute atomic E-state index is 10.5. The van der Waals surface area contributed by atoms with E-state index in [1.54, 1.807) is 0 Å². The minimum Gasteiger partial charge on any atom is -0.481 e. The number of hydrogen-bond donors (Lipinski definition) is 1. The molecule has 1 heterocycles. The van der Waals surface area contributed by atoms with E-state index in [1.165, 1.54) is 5.01 Å². The van der Waals surface area contributed by atoms with Crippen LogP contribution in [0, 0.1) is 16.7 Å². The third-order valence-corrected chi connectivity index (χ3v) is 2.93. The molecule has 0 spiro atoms. The highest BCUT2D eigenvalue weighted by molar-refractivity contribution is 5.66. The predicted molar refractivity (Wildman–Crippen MR) is 51.5 cm³/mol. The van der Waals surface area contributed by atoms with E-state index in [2.05, 4.69) is 5.29 Å². The average molecular weight is 200 g/mol. The molecule has 0 aromatic rings. The fourth-order valence-electron chi connectivity index (χ4n) is 1.98. The van der Waals surface area contributed by atoms with Gasteiger partial charge in [-0.2, -0.15) is 0 Å². The molecule has 1 atom stereocenters. The molecule has 0 bridgehead atoms. The Kier molecular flexibility index (Phi) is 3.85. The van der Waals surface area contributed by atoms with E-state index in [0.29, 0.717) is 19.0 Å². The van der Waals surface area contributed by atoms with Crippen molar-refractivity contribution in [2.75, 3.05) is 13.1 Å². The number of carboxylic acids is 1. The van der Waals surface area contributed by atoms with Gasteiger partial charge in [-0.15, -0.1) is 4.91 Å². The number of carbonyl (C=O) groups is 1. The summed E-state index contributed by atoms with van der Waals surface area (Å²) in [5, 5.41) is 13.0. The smallest absolute Gasteiger partial charge is 0.303 e. The molecular formula is C9H16N2O3. The van der Waals surface area contributed by atoms with Gasteiger partial charge in [-0.1, -0.05) is 6.92 Å². The molecule has 0 aromatic carbocycles. The van der Waals surface area contributed by atoms with Gasteiger partial charge in [0.1, 0.15) is 0 Å². The van der Waals surface area contributed by atoms with Crippen LogP contribution >= 0.6 is 0 Å². The Morgan fingerprint density at radius 2 is 2.14 bits per heavy atom. The summed E-state index contributed by atoms with van der Waals surface area (Å²) in [4.78, 5) is 20.7. The Balaban J connectivity index is 2.33. The molecule has 0 radical (unpaired) electrons. The molecule has 1 rings (SSSR count). The molecule has 0 amide bonds. The molecule has 1 aliphatic heterocycles. The Bertz CT molecular complexity index is 212. The van der Waals surface area contributed by atoms with Crippen LogP contribution in [0.2, 0.25) is 0 Å². The number of hydrogen-bond acceptors (Lipinski definition) is 3. The predicted octanol–water partition coefficient (Wildman–Crippen LogP) is 1.49. The van der Waals surface area contributed by atoms with Gasteiger partial charge in [0.15, 0.2) is 0 Å². The molecule has 0 saturated carbocycles. The Labute approximate surface area is 83.0 Å². The largest absolute Gasteiger partial charge is 0.481 e. The van der Waals surface area contributed by atoms with E-state index in [0.717, 1.165) is 12.8 Å². The first-order valence-corrected chi connectivity index (χ1v) is 4.93. The van der Waals surface area contributed by atoms with Crippen LogP contribution in [0.25, 0.3) is 0 Å². The standard InChI is InChI=1S/C9H16N2O3/c1-7(6-9(12)13)8-2-4-11(10-14)5-3-8/h7-8H,2-6H2,1H3,(H,12,13). The molecule has 1 saturated heterocycles. The van der Waals surface area contributed by atoms with E-state index < -0.39 is 5.97 Å². The van der Waals surface area contributed by atoms with Gasteiger partial charge < -0.3 is 5.11 Å². The monoisotopic (exact) mass is 200 g/mol. The highest BCUT2D eigenvalue weighted by Gasteiger charge is 2.24. The van der Waals surface area contributed by atoms with Crippen molar-refractivity contribution in [2.45, 2.75) is 26.2 Å². The van der Waals surface area contributed by atoms with Crippen LogP contribution in [0.3, 0.4) is 0 Å². The molecule has 1 unspecified atom stereocenters. The highest BCUT2D eigenvalue weighted by Crippen LogP contribution is 2.26. The zero-order valence-corrected chi connectivity index (χ0v) is 8.35. The summed E-state index contributed by atoms with van der Waals surface area (Å²) >= 11 is 0. The minimum atomic E-state index is -0.742. The van der Waals surface area contributed by atoms with E-state index in [1.807, 2.05) is 6.92 Å². The number of nitrogens with zero attached hydrogens (tertiary/aromatic N) is 2. The molecule has 14 heavy (non-hydrogen) atoms. The fraction of sp³-hybridized carbons (Fsp3) is 0.889. The first-order valence-electron chi connectivity index (χ1n) is 4.93. The zero-order valence-electron chi connectivity index (χ0n) is 8.35. The summed E-state index contributed by atoms with van der Waals surface area (Å²) in [6.45, 7) is 3.29. The van der Waals surface area contributed by atoms with Crippen molar-refractivity contribution in [3.05, 3.63) is 4.91 Å². The van der Waals surface area contributed by atoms with Gasteiger partial charge in [-0.05, 0) is 24.7 Å². The van der Waals surface area contributed by atoms with Crippen molar-refractivity contribution in [2.24, 2.45) is 17.1 Å². The van der Waals surface area contributed by atoms with Crippen molar-refractivity contribution in [3.63, 3.8) is 0 Å². The van der Waals surface area contributed by atoms with Crippen LogP contribution < -0.4 is 0 Å². The summed E-state index contributed by atoms with van der Waals surface area (Å²) in [5.41, 5.74) is 0. The molecule has 5 nitrogen and oxygen atoms in total. The average Bonchev–Trinajstić information content (AvgIpc) is 2.17. The molecule has 1 N–H and O–H groups in total. The van der Waals surface area contributed by atoms with Gasteiger partial charge in [0.25, 0.3) is 0 Å². The number of piperidine rings is 1. The van der Waals surface area contributed by atoms with E-state index >= 15 is 0 Å². The molecular weight excluding hydrogens is 184 g/mol. The lowest BCUT2D eigenvalue weighted by Crippen LogP contribution is -2.32. The lowest BCUT2D eigenvalue weighted by molar-refractivity contribution is -0.138. The summed E-state index contributed by atoms with van der Waals surface area (Å²) in [6, 6.07) is 0. The quantitative estimate of drug-likeness (QED) is 0.698. The maximum atomic E-state index is 10.5. The van der Waals surface area contributed by atoms with Gasteiger partial charge in [0.05, 0.1) is 5.29 Å². The Morgan fingerprint density at radius 1 is 1.57 bits per heavy atom. The summed E-state index contributed by atoms with van der Waals surface area (Å²) in [5.74, 6) is -0.126. The van der Waals surface area contributed by atoms with E-state index in [-0.39, 0.29) is 12.3 Å². The van der Waals surface area contributed by atoms with Crippen LogP contribution in [-0.2, 0) is 4.79 Å². The van der Waals surface area contributed by atoms with Crippen LogP contribution in [0.15, 0.2) is 5.29 Å². The lowest BCUT2D eigenvalue weighted by atomic mass is 9.84. The van der Waals surface area contributed by atoms with Gasteiger partial charge in [-0.25, -0.2) is 0 Å². The number of nitroso groups, excluding NO2 is 1. The number of aliphatic carboxylic acids is 1. The molecule has 5 heteroatoms. The third kappa shape index (κ3) is 2.97.